The number of tetrazole rings is 1. The predicted molar refractivity (Wildman–Crippen MR) is 134 cm³/mol. The third kappa shape index (κ3) is 4.56. The zero-order valence-corrected chi connectivity index (χ0v) is 20.7. The van der Waals surface area contributed by atoms with E-state index in [2.05, 4.69) is 25.4 Å². The lowest BCUT2D eigenvalue weighted by Crippen LogP contribution is -2.50. The minimum atomic E-state index is -0.481. The lowest BCUT2D eigenvalue weighted by atomic mass is 10.0. The van der Waals surface area contributed by atoms with Crippen LogP contribution in [0, 0.1) is 6.92 Å². The Balaban J connectivity index is 1.35. The highest BCUT2D eigenvalue weighted by Gasteiger charge is 2.34. The second kappa shape index (κ2) is 9.91. The van der Waals surface area contributed by atoms with Crippen LogP contribution in [0.25, 0.3) is 10.9 Å². The molecule has 0 radical (unpaired) electrons. The number of ether oxygens (including phenoxy) is 1. The molecule has 2 aliphatic rings. The Morgan fingerprint density at radius 2 is 2.05 bits per heavy atom. The van der Waals surface area contributed by atoms with Gasteiger partial charge in [-0.15, -0.1) is 5.10 Å². The van der Waals surface area contributed by atoms with E-state index in [1.807, 2.05) is 31.2 Å². The topological polar surface area (TPSA) is 122 Å². The van der Waals surface area contributed by atoms with Crippen molar-refractivity contribution >= 4 is 16.8 Å². The number of furan rings is 1. The van der Waals surface area contributed by atoms with Crippen molar-refractivity contribution in [1.29, 1.82) is 0 Å². The Bertz CT molecular complexity index is 1450. The van der Waals surface area contributed by atoms with Gasteiger partial charge in [0.2, 0.25) is 0 Å². The van der Waals surface area contributed by atoms with Crippen molar-refractivity contribution in [2.45, 2.75) is 38.5 Å². The van der Waals surface area contributed by atoms with Gasteiger partial charge in [-0.25, -0.2) is 4.68 Å². The van der Waals surface area contributed by atoms with E-state index in [1.54, 1.807) is 21.7 Å². The van der Waals surface area contributed by atoms with Crippen LogP contribution in [0.4, 0.5) is 0 Å². The standard InChI is InChI=1S/C26H29N7O4/c1-17-5-2-6-18-15-20(25(34)27-22(17)18)23(24-28-29-30-33(24)16-19-7-3-13-36-19)31-9-11-32(12-10-31)26(35)21-8-4-14-37-21/h2,4-6,8,14-15,19,23H,3,7,9-13,16H2,1H3,(H,27,34)/t19-,23-/m1/s1. The van der Waals surface area contributed by atoms with Gasteiger partial charge >= 0.3 is 0 Å². The summed E-state index contributed by atoms with van der Waals surface area (Å²) in [4.78, 5) is 33.3. The summed E-state index contributed by atoms with van der Waals surface area (Å²) < 4.78 is 12.9. The van der Waals surface area contributed by atoms with Gasteiger partial charge < -0.3 is 19.0 Å². The van der Waals surface area contributed by atoms with Gasteiger partial charge in [0.05, 0.1) is 24.4 Å². The highest BCUT2D eigenvalue weighted by Crippen LogP contribution is 2.29. The molecule has 2 saturated heterocycles. The molecule has 6 rings (SSSR count). The Morgan fingerprint density at radius 1 is 1.19 bits per heavy atom. The number of carbonyl (C=O) groups is 1. The van der Waals surface area contributed by atoms with E-state index >= 15 is 0 Å². The molecule has 1 aromatic carbocycles. The van der Waals surface area contributed by atoms with Crippen LogP contribution in [0.5, 0.6) is 0 Å². The van der Waals surface area contributed by atoms with Crippen molar-refractivity contribution < 1.29 is 13.9 Å². The van der Waals surface area contributed by atoms with Gasteiger partial charge in [0.25, 0.3) is 11.5 Å². The van der Waals surface area contributed by atoms with Crippen molar-refractivity contribution in [2.24, 2.45) is 0 Å². The van der Waals surface area contributed by atoms with Crippen LogP contribution in [0.3, 0.4) is 0 Å². The number of aryl methyl sites for hydroxylation is 1. The minimum Gasteiger partial charge on any atom is -0.459 e. The van der Waals surface area contributed by atoms with E-state index in [1.165, 1.54) is 6.26 Å². The molecule has 2 aliphatic heterocycles. The maximum atomic E-state index is 13.5. The average molecular weight is 504 g/mol. The first-order valence-electron chi connectivity index (χ1n) is 12.7. The SMILES string of the molecule is Cc1cccc2cc([C@H](c3nnnn3C[C@H]3CCCO3)N3CCN(C(=O)c4ccco4)CC3)c(=O)[nH]c12. The summed E-state index contributed by atoms with van der Waals surface area (Å²) in [6, 6.07) is 10.8. The number of pyridine rings is 1. The van der Waals surface area contributed by atoms with E-state index in [0.29, 0.717) is 49.9 Å². The Morgan fingerprint density at radius 3 is 2.81 bits per heavy atom. The number of nitrogens with zero attached hydrogens (tertiary/aromatic N) is 6. The smallest absolute Gasteiger partial charge is 0.289 e. The van der Waals surface area contributed by atoms with Crippen LogP contribution < -0.4 is 5.56 Å². The zero-order chi connectivity index (χ0) is 25.4. The molecular weight excluding hydrogens is 474 g/mol. The maximum Gasteiger partial charge on any atom is 0.289 e. The number of hydrogen-bond acceptors (Lipinski definition) is 8. The summed E-state index contributed by atoms with van der Waals surface area (Å²) in [5.74, 6) is 0.786. The van der Waals surface area contributed by atoms with E-state index < -0.39 is 6.04 Å². The molecule has 3 aromatic heterocycles. The quantitative estimate of drug-likeness (QED) is 0.425. The van der Waals surface area contributed by atoms with Crippen LogP contribution in [-0.2, 0) is 11.3 Å². The molecule has 2 fully saturated rings. The fourth-order valence-electron chi connectivity index (χ4n) is 5.36. The number of carbonyl (C=O) groups excluding carboxylic acids is 1. The third-order valence-electron chi connectivity index (χ3n) is 7.31. The van der Waals surface area contributed by atoms with Crippen LogP contribution in [-0.4, -0.2) is 79.8 Å². The van der Waals surface area contributed by atoms with Crippen LogP contribution in [0.1, 0.15) is 46.4 Å². The van der Waals surface area contributed by atoms with Crippen molar-refractivity contribution in [3.63, 3.8) is 0 Å². The number of rotatable bonds is 6. The second-order valence-electron chi connectivity index (χ2n) is 9.66. The molecule has 11 heteroatoms. The number of para-hydroxylation sites is 1. The summed E-state index contributed by atoms with van der Waals surface area (Å²) in [6.07, 6.45) is 3.51. The molecule has 0 unspecified atom stereocenters. The fraction of sp³-hybridized carbons (Fsp3) is 0.423. The number of aromatic amines is 1. The van der Waals surface area contributed by atoms with Gasteiger partial charge in [-0.05, 0) is 59.3 Å². The monoisotopic (exact) mass is 503 g/mol. The highest BCUT2D eigenvalue weighted by atomic mass is 16.5. The van der Waals surface area contributed by atoms with Crippen LogP contribution >= 0.6 is 0 Å². The summed E-state index contributed by atoms with van der Waals surface area (Å²) >= 11 is 0. The molecule has 5 heterocycles. The fourth-order valence-corrected chi connectivity index (χ4v) is 5.36. The number of aromatic nitrogens is 5. The van der Waals surface area contributed by atoms with Gasteiger partial charge in [-0.1, -0.05) is 18.2 Å². The van der Waals surface area contributed by atoms with Crippen molar-refractivity contribution in [3.8, 4) is 0 Å². The minimum absolute atomic E-state index is 0.0446. The van der Waals surface area contributed by atoms with Crippen molar-refractivity contribution in [1.82, 2.24) is 35.0 Å². The lowest BCUT2D eigenvalue weighted by molar-refractivity contribution is 0.0550. The van der Waals surface area contributed by atoms with Gasteiger partial charge in [-0.3, -0.25) is 14.5 Å². The third-order valence-corrected chi connectivity index (χ3v) is 7.31. The number of hydrogen-bond donors (Lipinski definition) is 1. The maximum absolute atomic E-state index is 13.5. The number of amides is 1. The molecule has 11 nitrogen and oxygen atoms in total. The number of fused-ring (bicyclic) bond motifs is 1. The molecular formula is C26H29N7O4. The Labute approximate surface area is 213 Å². The lowest BCUT2D eigenvalue weighted by Gasteiger charge is -2.38. The molecule has 2 atom stereocenters. The highest BCUT2D eigenvalue weighted by molar-refractivity contribution is 5.91. The largest absolute Gasteiger partial charge is 0.459 e. The molecule has 0 bridgehead atoms. The molecule has 1 N–H and O–H groups in total. The van der Waals surface area contributed by atoms with E-state index in [4.69, 9.17) is 9.15 Å². The van der Waals surface area contributed by atoms with Crippen molar-refractivity contribution in [3.05, 3.63) is 75.7 Å². The van der Waals surface area contributed by atoms with Crippen LogP contribution in [0.2, 0.25) is 0 Å². The molecule has 192 valence electrons. The number of nitrogens with one attached hydrogen (secondary N) is 1. The molecule has 1 amide bonds. The van der Waals surface area contributed by atoms with Gasteiger partial charge in [-0.2, -0.15) is 0 Å². The first kappa shape index (κ1) is 23.6. The first-order valence-corrected chi connectivity index (χ1v) is 12.7. The van der Waals surface area contributed by atoms with Crippen molar-refractivity contribution in [2.75, 3.05) is 32.8 Å². The van der Waals surface area contributed by atoms with E-state index in [9.17, 15) is 9.59 Å². The summed E-state index contributed by atoms with van der Waals surface area (Å²) in [6.45, 7) is 5.33. The Kier molecular flexibility index (Phi) is 6.31. The molecule has 0 saturated carbocycles. The second-order valence-corrected chi connectivity index (χ2v) is 9.66. The van der Waals surface area contributed by atoms with E-state index in [-0.39, 0.29) is 17.6 Å². The van der Waals surface area contributed by atoms with Gasteiger partial charge in [0, 0.05) is 38.3 Å². The summed E-state index contributed by atoms with van der Waals surface area (Å²) in [7, 11) is 0. The zero-order valence-electron chi connectivity index (χ0n) is 20.7. The molecule has 37 heavy (non-hydrogen) atoms. The average Bonchev–Trinajstić information content (AvgIpc) is 3.70. The normalized spacial score (nSPS) is 19.5. The summed E-state index contributed by atoms with van der Waals surface area (Å²) in [5, 5.41) is 13.6. The predicted octanol–water partition coefficient (Wildman–Crippen LogP) is 2.14. The van der Waals surface area contributed by atoms with Gasteiger partial charge in [0.1, 0.15) is 6.04 Å². The number of piperazine rings is 1. The van der Waals surface area contributed by atoms with E-state index in [0.717, 1.165) is 35.9 Å². The molecule has 0 spiro atoms. The molecule has 4 aromatic rings. The van der Waals surface area contributed by atoms with Gasteiger partial charge in [0.15, 0.2) is 11.6 Å². The first-order chi connectivity index (χ1) is 18.1. The number of benzene rings is 1. The Hall–Kier alpha value is -3.83. The number of H-pyrrole nitrogens is 1. The summed E-state index contributed by atoms with van der Waals surface area (Å²) in [5.41, 5.74) is 2.23. The van der Waals surface area contributed by atoms with Crippen LogP contribution in [0.15, 0.2) is 51.9 Å². The molecule has 0 aliphatic carbocycles.